The molecule has 0 spiro atoms. The lowest BCUT2D eigenvalue weighted by Gasteiger charge is -2.36. The van der Waals surface area contributed by atoms with E-state index < -0.39 is 24.3 Å². The largest absolute Gasteiger partial charge is 0.490 e. The van der Waals surface area contributed by atoms with Gasteiger partial charge in [0.25, 0.3) is 0 Å². The van der Waals surface area contributed by atoms with Crippen molar-refractivity contribution in [1.29, 1.82) is 0 Å². The van der Waals surface area contributed by atoms with Gasteiger partial charge in [0.1, 0.15) is 0 Å². The molecule has 0 aromatic carbocycles. The SMILES string of the molecule is COCC1c2c(cnn2CC2CCOCC2)CCN1Cc1ccoc1.O=C(O)C(F)(F)F.O=C(O)C(F)(F)F. The minimum atomic E-state index is -5.08. The highest BCUT2D eigenvalue weighted by atomic mass is 19.4. The van der Waals surface area contributed by atoms with Crippen molar-refractivity contribution < 1.29 is 60.0 Å². The second-order valence-corrected chi connectivity index (χ2v) is 8.72. The summed E-state index contributed by atoms with van der Waals surface area (Å²) in [7, 11) is 1.78. The predicted octanol–water partition coefficient (Wildman–Crippen LogP) is 3.92. The van der Waals surface area contributed by atoms with Crippen LogP contribution in [0.25, 0.3) is 0 Å². The van der Waals surface area contributed by atoms with Crippen molar-refractivity contribution in [2.24, 2.45) is 5.92 Å². The number of fused-ring (bicyclic) bond motifs is 1. The van der Waals surface area contributed by atoms with E-state index in [2.05, 4.69) is 15.8 Å². The first-order valence-electron chi connectivity index (χ1n) is 11.7. The molecule has 0 amide bonds. The van der Waals surface area contributed by atoms with Crippen LogP contribution in [0.3, 0.4) is 0 Å². The van der Waals surface area contributed by atoms with Gasteiger partial charge in [-0.15, -0.1) is 0 Å². The lowest BCUT2D eigenvalue weighted by Crippen LogP contribution is -2.38. The standard InChI is InChI=1S/C19H27N3O3.2C2HF3O2/c1-23-14-18-19-17(2-6-21(18)11-16-5-9-25-13-16)10-20-22(19)12-15-3-7-24-8-4-15;2*3-2(4,5)1(6)7/h5,9-10,13,15,18H,2-4,6-8,11-12,14H2,1H3;2*(H,6,7). The molecule has 2 aliphatic heterocycles. The van der Waals surface area contributed by atoms with Crippen molar-refractivity contribution in [2.75, 3.05) is 33.5 Å². The molecule has 0 bridgehead atoms. The normalized spacial score (nSPS) is 18.3. The molecular formula is C23H29F6N3O7. The predicted molar refractivity (Wildman–Crippen MR) is 121 cm³/mol. The van der Waals surface area contributed by atoms with E-state index in [0.29, 0.717) is 12.5 Å². The summed E-state index contributed by atoms with van der Waals surface area (Å²) in [6.45, 7) is 5.33. The molecule has 4 rings (SSSR count). The van der Waals surface area contributed by atoms with E-state index in [1.165, 1.54) is 16.8 Å². The Hall–Kier alpha value is -3.11. The van der Waals surface area contributed by atoms with E-state index in [0.717, 1.165) is 52.1 Å². The molecular weight excluding hydrogens is 544 g/mol. The molecule has 0 aliphatic carbocycles. The number of hydrogen-bond donors (Lipinski definition) is 2. The number of furan rings is 1. The topological polar surface area (TPSA) is 127 Å². The van der Waals surface area contributed by atoms with Crippen LogP contribution in [0.15, 0.2) is 29.2 Å². The Morgan fingerprint density at radius 1 is 1.10 bits per heavy atom. The lowest BCUT2D eigenvalue weighted by molar-refractivity contribution is -0.193. The van der Waals surface area contributed by atoms with E-state index >= 15 is 0 Å². The molecule has 4 heterocycles. The fourth-order valence-electron chi connectivity index (χ4n) is 4.07. The van der Waals surface area contributed by atoms with Gasteiger partial charge in [-0.2, -0.15) is 31.4 Å². The van der Waals surface area contributed by atoms with Crippen molar-refractivity contribution >= 4 is 11.9 Å². The molecule has 2 aromatic rings. The molecule has 2 N–H and O–H groups in total. The third-order valence-electron chi connectivity index (χ3n) is 5.93. The first kappa shape index (κ1) is 32.1. The number of methoxy groups -OCH3 is 1. The van der Waals surface area contributed by atoms with Crippen molar-refractivity contribution in [2.45, 2.75) is 50.7 Å². The van der Waals surface area contributed by atoms with Crippen molar-refractivity contribution in [3.63, 3.8) is 0 Å². The lowest BCUT2D eigenvalue weighted by atomic mass is 9.97. The quantitative estimate of drug-likeness (QED) is 0.495. The van der Waals surface area contributed by atoms with Gasteiger partial charge in [-0.05, 0) is 36.8 Å². The first-order valence-corrected chi connectivity index (χ1v) is 11.7. The van der Waals surface area contributed by atoms with E-state index in [4.69, 9.17) is 38.8 Å². The van der Waals surface area contributed by atoms with Crippen LogP contribution < -0.4 is 0 Å². The summed E-state index contributed by atoms with van der Waals surface area (Å²) in [6.07, 6.45) is -1.23. The Morgan fingerprint density at radius 3 is 2.18 bits per heavy atom. The number of nitrogens with zero attached hydrogens (tertiary/aromatic N) is 3. The number of halogens is 6. The zero-order valence-corrected chi connectivity index (χ0v) is 20.9. The number of aliphatic carboxylic acids is 2. The number of carboxylic acid groups (broad SMARTS) is 2. The molecule has 0 radical (unpaired) electrons. The average Bonchev–Trinajstić information content (AvgIpc) is 3.51. The van der Waals surface area contributed by atoms with Crippen LogP contribution in [-0.4, -0.2) is 82.7 Å². The first-order chi connectivity index (χ1) is 18.2. The van der Waals surface area contributed by atoms with Crippen LogP contribution in [0.5, 0.6) is 0 Å². The number of rotatable bonds is 6. The highest BCUT2D eigenvalue weighted by Crippen LogP contribution is 2.32. The molecule has 16 heteroatoms. The molecule has 220 valence electrons. The Bertz CT molecular complexity index is 1010. The minimum absolute atomic E-state index is 0.242. The average molecular weight is 573 g/mol. The van der Waals surface area contributed by atoms with Crippen molar-refractivity contribution in [3.8, 4) is 0 Å². The second kappa shape index (κ2) is 14.3. The molecule has 1 fully saturated rings. The van der Waals surface area contributed by atoms with Gasteiger partial charge in [0.15, 0.2) is 0 Å². The van der Waals surface area contributed by atoms with Gasteiger partial charge in [-0.3, -0.25) is 9.58 Å². The van der Waals surface area contributed by atoms with Gasteiger partial charge < -0.3 is 24.1 Å². The Balaban J connectivity index is 0.000000317. The van der Waals surface area contributed by atoms with Gasteiger partial charge in [-0.25, -0.2) is 9.59 Å². The van der Waals surface area contributed by atoms with Gasteiger partial charge in [0.05, 0.1) is 37.1 Å². The van der Waals surface area contributed by atoms with Crippen LogP contribution >= 0.6 is 0 Å². The third kappa shape index (κ3) is 10.2. The summed E-state index contributed by atoms with van der Waals surface area (Å²) in [5.74, 6) is -4.86. The second-order valence-electron chi connectivity index (χ2n) is 8.72. The van der Waals surface area contributed by atoms with Crippen LogP contribution in [0.2, 0.25) is 0 Å². The van der Waals surface area contributed by atoms with E-state index in [9.17, 15) is 26.3 Å². The number of alkyl halides is 6. The zero-order valence-electron chi connectivity index (χ0n) is 20.9. The number of hydrogen-bond acceptors (Lipinski definition) is 7. The highest BCUT2D eigenvalue weighted by molar-refractivity contribution is 5.73. The van der Waals surface area contributed by atoms with Crippen LogP contribution in [0, 0.1) is 5.92 Å². The number of ether oxygens (including phenoxy) is 2. The molecule has 2 aromatic heterocycles. The van der Waals surface area contributed by atoms with E-state index in [-0.39, 0.29) is 6.04 Å². The van der Waals surface area contributed by atoms with Crippen molar-refractivity contribution in [1.82, 2.24) is 14.7 Å². The van der Waals surface area contributed by atoms with Gasteiger partial charge in [0.2, 0.25) is 0 Å². The van der Waals surface area contributed by atoms with Crippen molar-refractivity contribution in [3.05, 3.63) is 41.6 Å². The summed E-state index contributed by atoms with van der Waals surface area (Å²) < 4.78 is 82.0. The molecule has 1 atom stereocenters. The third-order valence-corrected chi connectivity index (χ3v) is 5.93. The molecule has 0 saturated carbocycles. The molecule has 39 heavy (non-hydrogen) atoms. The Morgan fingerprint density at radius 2 is 1.69 bits per heavy atom. The maximum atomic E-state index is 10.6. The number of carboxylic acids is 2. The zero-order chi connectivity index (χ0) is 29.2. The summed E-state index contributed by atoms with van der Waals surface area (Å²) in [6, 6.07) is 2.28. The highest BCUT2D eigenvalue weighted by Gasteiger charge is 2.39. The summed E-state index contributed by atoms with van der Waals surface area (Å²) >= 11 is 0. The molecule has 10 nitrogen and oxygen atoms in total. The van der Waals surface area contributed by atoms with Crippen LogP contribution in [-0.2, 0) is 38.6 Å². The summed E-state index contributed by atoms with van der Waals surface area (Å²) in [5.41, 5.74) is 3.92. The number of aromatic nitrogens is 2. The Labute approximate surface area is 219 Å². The van der Waals surface area contributed by atoms with Crippen LogP contribution in [0.1, 0.15) is 35.7 Å². The maximum Gasteiger partial charge on any atom is 0.490 e. The summed E-state index contributed by atoms with van der Waals surface area (Å²) in [5, 5.41) is 19.0. The van der Waals surface area contributed by atoms with E-state index in [1.807, 2.05) is 12.3 Å². The fourth-order valence-corrected chi connectivity index (χ4v) is 4.07. The Kier molecular flexibility index (Phi) is 11.8. The summed E-state index contributed by atoms with van der Waals surface area (Å²) in [4.78, 5) is 20.3. The van der Waals surface area contributed by atoms with Gasteiger partial charge >= 0.3 is 24.3 Å². The van der Waals surface area contributed by atoms with E-state index in [1.54, 1.807) is 13.4 Å². The van der Waals surface area contributed by atoms with Gasteiger partial charge in [-0.1, -0.05) is 0 Å². The molecule has 1 saturated heterocycles. The van der Waals surface area contributed by atoms with Crippen LogP contribution in [0.4, 0.5) is 26.3 Å². The molecule has 1 unspecified atom stereocenters. The number of carbonyl (C=O) groups is 2. The smallest absolute Gasteiger partial charge is 0.475 e. The maximum absolute atomic E-state index is 10.6. The monoisotopic (exact) mass is 573 g/mol. The fraction of sp³-hybridized carbons (Fsp3) is 0.609. The molecule has 2 aliphatic rings. The minimum Gasteiger partial charge on any atom is -0.475 e. The van der Waals surface area contributed by atoms with Gasteiger partial charge in [0, 0.05) is 45.5 Å².